The van der Waals surface area contributed by atoms with Crippen LogP contribution >= 0.6 is 15.9 Å². The summed E-state index contributed by atoms with van der Waals surface area (Å²) < 4.78 is 11.9. The Kier molecular flexibility index (Phi) is 5.86. The van der Waals surface area contributed by atoms with Crippen LogP contribution in [0.25, 0.3) is 0 Å². The first-order valence-electron chi connectivity index (χ1n) is 7.92. The smallest absolute Gasteiger partial charge is 0.259 e. The average Bonchev–Trinajstić information content (AvgIpc) is 2.68. The number of pyridine rings is 1. The van der Waals surface area contributed by atoms with Gasteiger partial charge in [-0.2, -0.15) is 0 Å². The van der Waals surface area contributed by atoms with Crippen molar-refractivity contribution in [2.45, 2.75) is 6.61 Å². The number of carbonyl (C=O) groups excluding carboxylic acids is 1. The molecule has 0 aliphatic heterocycles. The topological polar surface area (TPSA) is 60.5 Å². The van der Waals surface area contributed by atoms with Gasteiger partial charge in [0.25, 0.3) is 5.91 Å². The van der Waals surface area contributed by atoms with Crippen LogP contribution in [0.1, 0.15) is 15.9 Å². The molecule has 0 bridgehead atoms. The molecule has 0 saturated heterocycles. The molecule has 0 unspecified atom stereocenters. The SMILES string of the molecule is COc1cccc(COc2ccc(Br)cc2C(=O)Nc2cccnc2)c1. The van der Waals surface area contributed by atoms with Gasteiger partial charge in [-0.3, -0.25) is 9.78 Å². The zero-order valence-electron chi connectivity index (χ0n) is 14.1. The number of hydrogen-bond acceptors (Lipinski definition) is 4. The van der Waals surface area contributed by atoms with E-state index in [-0.39, 0.29) is 5.91 Å². The predicted octanol–water partition coefficient (Wildman–Crippen LogP) is 4.68. The fourth-order valence-corrected chi connectivity index (χ4v) is 2.73. The lowest BCUT2D eigenvalue weighted by atomic mass is 10.1. The highest BCUT2D eigenvalue weighted by Gasteiger charge is 2.14. The standard InChI is InChI=1S/C20H17BrN2O3/c1-25-17-6-2-4-14(10-17)13-26-19-8-7-15(21)11-18(19)20(24)23-16-5-3-9-22-12-16/h2-12H,13H2,1H3,(H,23,24). The first-order valence-corrected chi connectivity index (χ1v) is 8.71. The fraction of sp³-hybridized carbons (Fsp3) is 0.100. The van der Waals surface area contributed by atoms with Crippen LogP contribution in [0.2, 0.25) is 0 Å². The van der Waals surface area contributed by atoms with Crippen molar-refractivity contribution >= 4 is 27.5 Å². The monoisotopic (exact) mass is 412 g/mol. The second-order valence-electron chi connectivity index (χ2n) is 5.48. The Labute approximate surface area is 160 Å². The number of ether oxygens (including phenoxy) is 2. The molecule has 1 amide bonds. The van der Waals surface area contributed by atoms with Crippen LogP contribution in [0.4, 0.5) is 5.69 Å². The molecule has 0 fully saturated rings. The first kappa shape index (κ1) is 17.9. The summed E-state index contributed by atoms with van der Waals surface area (Å²) in [5.41, 5.74) is 2.01. The normalized spacial score (nSPS) is 10.2. The van der Waals surface area contributed by atoms with E-state index >= 15 is 0 Å². The van der Waals surface area contributed by atoms with Gasteiger partial charge in [-0.15, -0.1) is 0 Å². The highest BCUT2D eigenvalue weighted by atomic mass is 79.9. The van der Waals surface area contributed by atoms with Crippen LogP contribution in [0.3, 0.4) is 0 Å². The Morgan fingerprint density at radius 2 is 2.04 bits per heavy atom. The van der Waals surface area contributed by atoms with Gasteiger partial charge < -0.3 is 14.8 Å². The number of halogens is 1. The van der Waals surface area contributed by atoms with Gasteiger partial charge >= 0.3 is 0 Å². The summed E-state index contributed by atoms with van der Waals surface area (Å²) >= 11 is 3.40. The highest BCUT2D eigenvalue weighted by Crippen LogP contribution is 2.25. The third-order valence-electron chi connectivity index (χ3n) is 3.63. The molecule has 26 heavy (non-hydrogen) atoms. The molecular weight excluding hydrogens is 396 g/mol. The van der Waals surface area contributed by atoms with E-state index in [1.807, 2.05) is 30.3 Å². The number of benzene rings is 2. The number of anilines is 1. The van der Waals surface area contributed by atoms with E-state index in [0.29, 0.717) is 23.6 Å². The van der Waals surface area contributed by atoms with E-state index in [4.69, 9.17) is 9.47 Å². The van der Waals surface area contributed by atoms with Gasteiger partial charge in [0.1, 0.15) is 18.1 Å². The molecule has 132 valence electrons. The summed E-state index contributed by atoms with van der Waals surface area (Å²) in [4.78, 5) is 16.6. The number of nitrogens with zero attached hydrogens (tertiary/aromatic N) is 1. The highest BCUT2D eigenvalue weighted by molar-refractivity contribution is 9.10. The summed E-state index contributed by atoms with van der Waals surface area (Å²) in [6.07, 6.45) is 3.24. The second kappa shape index (κ2) is 8.49. The molecular formula is C20H17BrN2O3. The van der Waals surface area contributed by atoms with Crippen molar-refractivity contribution in [1.29, 1.82) is 0 Å². The molecule has 0 aliphatic carbocycles. The van der Waals surface area contributed by atoms with Crippen LogP contribution < -0.4 is 14.8 Å². The van der Waals surface area contributed by atoms with Crippen LogP contribution in [0.15, 0.2) is 71.5 Å². The summed E-state index contributed by atoms with van der Waals surface area (Å²) in [6, 6.07) is 16.5. The minimum Gasteiger partial charge on any atom is -0.497 e. The van der Waals surface area contributed by atoms with Crippen LogP contribution in [-0.4, -0.2) is 18.0 Å². The maximum absolute atomic E-state index is 12.6. The molecule has 0 atom stereocenters. The Morgan fingerprint density at radius 3 is 2.81 bits per heavy atom. The van der Waals surface area contributed by atoms with Gasteiger partial charge in [-0.1, -0.05) is 28.1 Å². The molecule has 5 nitrogen and oxygen atoms in total. The third-order valence-corrected chi connectivity index (χ3v) is 4.13. The van der Waals surface area contributed by atoms with E-state index in [0.717, 1.165) is 15.8 Å². The maximum Gasteiger partial charge on any atom is 0.259 e. The van der Waals surface area contributed by atoms with E-state index in [1.54, 1.807) is 43.8 Å². The molecule has 2 aromatic carbocycles. The summed E-state index contributed by atoms with van der Waals surface area (Å²) in [5, 5.41) is 2.82. The summed E-state index contributed by atoms with van der Waals surface area (Å²) in [5.74, 6) is 0.994. The van der Waals surface area contributed by atoms with E-state index in [1.165, 1.54) is 0 Å². The van der Waals surface area contributed by atoms with Crippen molar-refractivity contribution in [1.82, 2.24) is 4.98 Å². The van der Waals surface area contributed by atoms with Gasteiger partial charge in [-0.05, 0) is 48.0 Å². The molecule has 0 aliphatic rings. The minimum absolute atomic E-state index is 0.264. The van der Waals surface area contributed by atoms with Gasteiger partial charge in [0.05, 0.1) is 24.6 Å². The molecule has 3 rings (SSSR count). The lowest BCUT2D eigenvalue weighted by Gasteiger charge is -2.13. The van der Waals surface area contributed by atoms with E-state index in [2.05, 4.69) is 26.2 Å². The zero-order valence-corrected chi connectivity index (χ0v) is 15.7. The molecule has 0 saturated carbocycles. The molecule has 1 N–H and O–H groups in total. The van der Waals surface area contributed by atoms with E-state index in [9.17, 15) is 4.79 Å². The van der Waals surface area contributed by atoms with Gasteiger partial charge in [0, 0.05) is 10.7 Å². The molecule has 0 radical (unpaired) electrons. The van der Waals surface area contributed by atoms with Crippen molar-refractivity contribution in [3.63, 3.8) is 0 Å². The lowest BCUT2D eigenvalue weighted by molar-refractivity contribution is 0.102. The van der Waals surface area contributed by atoms with Gasteiger partial charge in [0.15, 0.2) is 0 Å². The molecule has 1 aromatic heterocycles. The molecule has 6 heteroatoms. The fourth-order valence-electron chi connectivity index (χ4n) is 2.36. The van der Waals surface area contributed by atoms with Crippen molar-refractivity contribution in [3.8, 4) is 11.5 Å². The largest absolute Gasteiger partial charge is 0.497 e. The number of carbonyl (C=O) groups is 1. The second-order valence-corrected chi connectivity index (χ2v) is 6.39. The number of methoxy groups -OCH3 is 1. The number of nitrogens with one attached hydrogen (secondary N) is 1. The average molecular weight is 413 g/mol. The zero-order chi connectivity index (χ0) is 18.4. The minimum atomic E-state index is -0.264. The van der Waals surface area contributed by atoms with Crippen molar-refractivity contribution < 1.29 is 14.3 Å². The number of rotatable bonds is 6. The molecule has 0 spiro atoms. The molecule has 3 aromatic rings. The Balaban J connectivity index is 1.78. The summed E-state index contributed by atoms with van der Waals surface area (Å²) in [7, 11) is 1.62. The summed E-state index contributed by atoms with van der Waals surface area (Å²) in [6.45, 7) is 0.325. The van der Waals surface area contributed by atoms with Crippen molar-refractivity contribution in [2.24, 2.45) is 0 Å². The predicted molar refractivity (Wildman–Crippen MR) is 104 cm³/mol. The van der Waals surface area contributed by atoms with Crippen LogP contribution in [0.5, 0.6) is 11.5 Å². The Morgan fingerprint density at radius 1 is 1.15 bits per heavy atom. The Bertz CT molecular complexity index is 901. The maximum atomic E-state index is 12.6. The van der Waals surface area contributed by atoms with Gasteiger partial charge in [0.2, 0.25) is 0 Å². The quantitative estimate of drug-likeness (QED) is 0.638. The number of amides is 1. The van der Waals surface area contributed by atoms with Crippen LogP contribution in [0, 0.1) is 0 Å². The third kappa shape index (κ3) is 4.61. The number of hydrogen-bond donors (Lipinski definition) is 1. The van der Waals surface area contributed by atoms with E-state index < -0.39 is 0 Å². The van der Waals surface area contributed by atoms with Crippen LogP contribution in [-0.2, 0) is 6.61 Å². The number of aromatic nitrogens is 1. The first-order chi connectivity index (χ1) is 12.7. The molecule has 1 heterocycles. The van der Waals surface area contributed by atoms with Crippen molar-refractivity contribution in [3.05, 3.63) is 82.6 Å². The van der Waals surface area contributed by atoms with Gasteiger partial charge in [-0.25, -0.2) is 0 Å². The van der Waals surface area contributed by atoms with Crippen molar-refractivity contribution in [2.75, 3.05) is 12.4 Å². The lowest BCUT2D eigenvalue weighted by Crippen LogP contribution is -2.14. The Hall–Kier alpha value is -2.86.